The Morgan fingerprint density at radius 3 is 2.69 bits per heavy atom. The van der Waals surface area contributed by atoms with Crippen molar-refractivity contribution in [3.8, 4) is 17.2 Å². The van der Waals surface area contributed by atoms with Gasteiger partial charge in [-0.2, -0.15) is 0 Å². The summed E-state index contributed by atoms with van der Waals surface area (Å²) in [7, 11) is 1.61. The van der Waals surface area contributed by atoms with Crippen molar-refractivity contribution in [1.29, 1.82) is 0 Å². The zero-order valence-corrected chi connectivity index (χ0v) is 18.3. The number of piperidine rings is 1. The predicted molar refractivity (Wildman–Crippen MR) is 121 cm³/mol. The molecule has 0 amide bonds. The van der Waals surface area contributed by atoms with Crippen molar-refractivity contribution in [2.24, 2.45) is 0 Å². The minimum atomic E-state index is -0.667. The minimum Gasteiger partial charge on any atom is -0.496 e. The summed E-state index contributed by atoms with van der Waals surface area (Å²) in [6.45, 7) is 3.60. The Balaban J connectivity index is 1.73. The van der Waals surface area contributed by atoms with Gasteiger partial charge in [-0.3, -0.25) is 9.59 Å². The van der Waals surface area contributed by atoms with E-state index in [0.29, 0.717) is 35.4 Å². The van der Waals surface area contributed by atoms with E-state index in [4.69, 9.17) is 9.47 Å². The molecule has 1 spiro atoms. The Labute approximate surface area is 187 Å². The molecule has 2 aliphatic rings. The molecule has 6 heteroatoms. The fraction of sp³-hybridized carbons (Fsp3) is 0.308. The van der Waals surface area contributed by atoms with Gasteiger partial charge in [0.05, 0.1) is 24.2 Å². The number of aryl methyl sites for hydroxylation is 1. The highest BCUT2D eigenvalue weighted by Gasteiger charge is 2.46. The number of rotatable bonds is 5. The first kappa shape index (κ1) is 20.5. The zero-order chi connectivity index (χ0) is 22.3. The fourth-order valence-corrected chi connectivity index (χ4v) is 4.99. The van der Waals surface area contributed by atoms with Crippen LogP contribution in [-0.4, -0.2) is 36.8 Å². The summed E-state index contributed by atoms with van der Waals surface area (Å²) >= 11 is 0. The third kappa shape index (κ3) is 3.06. The minimum absolute atomic E-state index is 0.135. The van der Waals surface area contributed by atoms with E-state index in [1.165, 1.54) is 0 Å². The van der Waals surface area contributed by atoms with E-state index in [9.17, 15) is 9.59 Å². The van der Waals surface area contributed by atoms with E-state index in [0.717, 1.165) is 48.5 Å². The number of fused-ring (bicyclic) bond motifs is 4. The van der Waals surface area contributed by atoms with Gasteiger partial charge < -0.3 is 19.4 Å². The van der Waals surface area contributed by atoms with Crippen LogP contribution in [0, 0.1) is 0 Å². The van der Waals surface area contributed by atoms with Gasteiger partial charge in [-0.1, -0.05) is 31.2 Å². The maximum Gasteiger partial charge on any atom is 0.195 e. The Bertz CT molecular complexity index is 1200. The van der Waals surface area contributed by atoms with Crippen molar-refractivity contribution in [1.82, 2.24) is 9.88 Å². The number of hydrogen-bond acceptors (Lipinski definition) is 5. The quantitative estimate of drug-likeness (QED) is 0.488. The maximum atomic E-state index is 13.8. The van der Waals surface area contributed by atoms with Crippen LogP contribution in [0.4, 0.5) is 0 Å². The lowest BCUT2D eigenvalue weighted by Gasteiger charge is -2.43. The van der Waals surface area contributed by atoms with Crippen molar-refractivity contribution in [3.05, 3.63) is 76.6 Å². The van der Waals surface area contributed by atoms with Crippen LogP contribution < -0.4 is 14.8 Å². The molecule has 2 aromatic carbocycles. The predicted octanol–water partition coefficient (Wildman–Crippen LogP) is 4.06. The van der Waals surface area contributed by atoms with Crippen LogP contribution in [0.1, 0.15) is 57.4 Å². The lowest BCUT2D eigenvalue weighted by Crippen LogP contribution is -2.47. The molecule has 1 fully saturated rings. The molecule has 1 saturated heterocycles. The number of ether oxygens (including phenoxy) is 2. The number of methoxy groups -OCH3 is 1. The average Bonchev–Trinajstić information content (AvgIpc) is 3.25. The monoisotopic (exact) mass is 430 g/mol. The number of para-hydroxylation sites is 2. The third-order valence-corrected chi connectivity index (χ3v) is 6.58. The van der Waals surface area contributed by atoms with Gasteiger partial charge in [-0.15, -0.1) is 0 Å². The number of nitrogens with one attached hydrogen (secondary N) is 1. The average molecular weight is 431 g/mol. The second kappa shape index (κ2) is 7.95. The van der Waals surface area contributed by atoms with Crippen LogP contribution >= 0.6 is 0 Å². The SMILES string of the molecule is CCc1ccc(C(=O)c2cc(C=O)n3c2C2(CCNCC2)Oc2ccccc2-3)cc1OC. The van der Waals surface area contributed by atoms with Crippen molar-refractivity contribution in [3.63, 3.8) is 0 Å². The van der Waals surface area contributed by atoms with Gasteiger partial charge in [0, 0.05) is 24.0 Å². The Hall–Kier alpha value is -3.38. The molecule has 6 nitrogen and oxygen atoms in total. The number of ketones is 1. The van der Waals surface area contributed by atoms with Crippen LogP contribution in [0.3, 0.4) is 0 Å². The first-order valence-electron chi connectivity index (χ1n) is 11.0. The highest BCUT2D eigenvalue weighted by Crippen LogP contribution is 2.47. The lowest BCUT2D eigenvalue weighted by molar-refractivity contribution is 0.0193. The van der Waals surface area contributed by atoms with Gasteiger partial charge in [-0.05, 0) is 49.3 Å². The van der Waals surface area contributed by atoms with Gasteiger partial charge in [-0.25, -0.2) is 0 Å². The topological polar surface area (TPSA) is 69.6 Å². The molecule has 0 aliphatic carbocycles. The van der Waals surface area contributed by atoms with E-state index in [2.05, 4.69) is 12.2 Å². The summed E-state index contributed by atoms with van der Waals surface area (Å²) in [5.41, 5.74) is 3.43. The Morgan fingerprint density at radius 1 is 1.19 bits per heavy atom. The number of aldehydes is 1. The van der Waals surface area contributed by atoms with E-state index >= 15 is 0 Å². The molecule has 3 heterocycles. The first-order chi connectivity index (χ1) is 15.6. The number of hydrogen-bond donors (Lipinski definition) is 1. The molecule has 5 rings (SSSR count). The van der Waals surface area contributed by atoms with Crippen LogP contribution in [0.25, 0.3) is 5.69 Å². The van der Waals surface area contributed by atoms with Crippen molar-refractivity contribution < 1.29 is 19.1 Å². The second-order valence-corrected chi connectivity index (χ2v) is 8.31. The highest BCUT2D eigenvalue weighted by molar-refractivity contribution is 6.11. The smallest absolute Gasteiger partial charge is 0.195 e. The van der Waals surface area contributed by atoms with E-state index in [1.54, 1.807) is 19.2 Å². The van der Waals surface area contributed by atoms with Gasteiger partial charge >= 0.3 is 0 Å². The van der Waals surface area contributed by atoms with Gasteiger partial charge in [0.15, 0.2) is 17.7 Å². The molecule has 0 saturated carbocycles. The standard InChI is InChI=1S/C26H26N2O4/c1-3-17-8-9-18(14-23(17)31-2)24(30)20-15-19(16-29)28-21-6-4-5-7-22(21)32-26(25(20)28)10-12-27-13-11-26/h4-9,14-16,27H,3,10-13H2,1-2H3. The van der Waals surface area contributed by atoms with Gasteiger partial charge in [0.2, 0.25) is 0 Å². The molecule has 0 radical (unpaired) electrons. The third-order valence-electron chi connectivity index (χ3n) is 6.58. The Kier molecular flexibility index (Phi) is 5.10. The van der Waals surface area contributed by atoms with Gasteiger partial charge in [0.1, 0.15) is 11.5 Å². The maximum absolute atomic E-state index is 13.8. The molecular formula is C26H26N2O4. The molecule has 1 aromatic heterocycles. The first-order valence-corrected chi connectivity index (χ1v) is 11.0. The molecule has 0 unspecified atom stereocenters. The van der Waals surface area contributed by atoms with Crippen molar-refractivity contribution >= 4 is 12.1 Å². The molecule has 1 N–H and O–H groups in total. The molecule has 32 heavy (non-hydrogen) atoms. The summed E-state index contributed by atoms with van der Waals surface area (Å²) in [6, 6.07) is 15.0. The van der Waals surface area contributed by atoms with E-state index < -0.39 is 5.60 Å². The summed E-state index contributed by atoms with van der Waals surface area (Å²) in [5.74, 6) is 1.29. The van der Waals surface area contributed by atoms with Crippen LogP contribution in [0.2, 0.25) is 0 Å². The van der Waals surface area contributed by atoms with E-state index in [1.807, 2.05) is 41.0 Å². The normalized spacial score (nSPS) is 16.1. The molecule has 2 aliphatic heterocycles. The number of benzene rings is 2. The summed E-state index contributed by atoms with van der Waals surface area (Å²) < 4.78 is 14.0. The van der Waals surface area contributed by atoms with E-state index in [-0.39, 0.29) is 5.78 Å². The number of nitrogens with zero attached hydrogens (tertiary/aromatic N) is 1. The fourth-order valence-electron chi connectivity index (χ4n) is 4.99. The molecular weight excluding hydrogens is 404 g/mol. The Morgan fingerprint density at radius 2 is 1.97 bits per heavy atom. The van der Waals surface area contributed by atoms with Gasteiger partial charge in [0.25, 0.3) is 0 Å². The summed E-state index contributed by atoms with van der Waals surface area (Å²) in [4.78, 5) is 25.9. The van der Waals surface area contributed by atoms with Crippen molar-refractivity contribution in [2.45, 2.75) is 31.8 Å². The lowest BCUT2D eigenvalue weighted by atomic mass is 9.83. The summed E-state index contributed by atoms with van der Waals surface area (Å²) in [5, 5.41) is 3.38. The van der Waals surface area contributed by atoms with Crippen LogP contribution in [-0.2, 0) is 12.0 Å². The van der Waals surface area contributed by atoms with Crippen LogP contribution in [0.15, 0.2) is 48.5 Å². The summed E-state index contributed by atoms with van der Waals surface area (Å²) in [6.07, 6.45) is 3.05. The molecule has 0 atom stereocenters. The second-order valence-electron chi connectivity index (χ2n) is 8.31. The molecule has 0 bridgehead atoms. The van der Waals surface area contributed by atoms with Crippen molar-refractivity contribution in [2.75, 3.05) is 20.2 Å². The zero-order valence-electron chi connectivity index (χ0n) is 18.3. The van der Waals surface area contributed by atoms with Crippen LogP contribution in [0.5, 0.6) is 11.5 Å². The largest absolute Gasteiger partial charge is 0.496 e. The number of aromatic nitrogens is 1. The molecule has 164 valence electrons. The number of carbonyl (C=O) groups excluding carboxylic acids is 2. The highest BCUT2D eigenvalue weighted by atomic mass is 16.5. The molecule has 3 aromatic rings. The number of carbonyl (C=O) groups is 2.